The van der Waals surface area contributed by atoms with E-state index in [1.807, 2.05) is 24.3 Å². The standard InChI is InChI=1S/C20H23NO6/c1-24-17-5-2-14(3-6-17)12-25-13-16(22)11-21-20(23)15-4-7-18-19(10-15)27-9-8-26-18/h2-7,10,16,22H,8-9,11-13H2,1H3,(H,21,23). The van der Waals surface area contributed by atoms with Crippen LogP contribution in [0.3, 0.4) is 0 Å². The molecule has 144 valence electrons. The minimum Gasteiger partial charge on any atom is -0.497 e. The van der Waals surface area contributed by atoms with Gasteiger partial charge in [-0.3, -0.25) is 4.79 Å². The fourth-order valence-corrected chi connectivity index (χ4v) is 2.59. The normalized spacial score (nSPS) is 13.7. The number of methoxy groups -OCH3 is 1. The predicted molar refractivity (Wildman–Crippen MR) is 98.4 cm³/mol. The Labute approximate surface area is 157 Å². The second kappa shape index (κ2) is 9.25. The lowest BCUT2D eigenvalue weighted by Gasteiger charge is -2.19. The molecule has 0 radical (unpaired) electrons. The minimum atomic E-state index is -0.801. The Balaban J connectivity index is 1.40. The molecule has 1 unspecified atom stereocenters. The van der Waals surface area contributed by atoms with Crippen molar-refractivity contribution in [1.82, 2.24) is 5.32 Å². The molecule has 0 saturated heterocycles. The first-order chi connectivity index (χ1) is 13.2. The van der Waals surface area contributed by atoms with Gasteiger partial charge in [0.15, 0.2) is 11.5 Å². The number of aliphatic hydroxyl groups excluding tert-OH is 1. The number of carbonyl (C=O) groups is 1. The third kappa shape index (κ3) is 5.35. The van der Waals surface area contributed by atoms with E-state index in [4.69, 9.17) is 18.9 Å². The fraction of sp³-hybridized carbons (Fsp3) is 0.350. The zero-order chi connectivity index (χ0) is 19.1. The predicted octanol–water partition coefficient (Wildman–Crippen LogP) is 1.77. The van der Waals surface area contributed by atoms with Crippen LogP contribution in [0.2, 0.25) is 0 Å². The van der Waals surface area contributed by atoms with Crippen molar-refractivity contribution in [2.45, 2.75) is 12.7 Å². The Hall–Kier alpha value is -2.77. The summed E-state index contributed by atoms with van der Waals surface area (Å²) >= 11 is 0. The van der Waals surface area contributed by atoms with Gasteiger partial charge in [-0.15, -0.1) is 0 Å². The van der Waals surface area contributed by atoms with Crippen molar-refractivity contribution in [1.29, 1.82) is 0 Å². The van der Waals surface area contributed by atoms with Crippen LogP contribution in [0.4, 0.5) is 0 Å². The van der Waals surface area contributed by atoms with E-state index in [0.717, 1.165) is 11.3 Å². The Morgan fingerprint density at radius 2 is 1.89 bits per heavy atom. The molecule has 1 aliphatic heterocycles. The molecule has 0 spiro atoms. The van der Waals surface area contributed by atoms with Gasteiger partial charge in [0.1, 0.15) is 19.0 Å². The van der Waals surface area contributed by atoms with Gasteiger partial charge in [0, 0.05) is 12.1 Å². The fourth-order valence-electron chi connectivity index (χ4n) is 2.59. The van der Waals surface area contributed by atoms with Gasteiger partial charge in [0.2, 0.25) is 0 Å². The number of benzene rings is 2. The van der Waals surface area contributed by atoms with E-state index in [1.54, 1.807) is 25.3 Å². The summed E-state index contributed by atoms with van der Waals surface area (Å²) in [6.07, 6.45) is -0.801. The molecule has 3 rings (SSSR count). The smallest absolute Gasteiger partial charge is 0.251 e. The average Bonchev–Trinajstić information content (AvgIpc) is 2.72. The number of ether oxygens (including phenoxy) is 4. The molecule has 7 nitrogen and oxygen atoms in total. The zero-order valence-corrected chi connectivity index (χ0v) is 15.1. The van der Waals surface area contributed by atoms with Gasteiger partial charge in [0.05, 0.1) is 26.4 Å². The van der Waals surface area contributed by atoms with Crippen molar-refractivity contribution >= 4 is 5.91 Å². The van der Waals surface area contributed by atoms with E-state index in [2.05, 4.69) is 5.32 Å². The van der Waals surface area contributed by atoms with Crippen LogP contribution in [0.5, 0.6) is 17.2 Å². The maximum absolute atomic E-state index is 12.2. The molecule has 0 aromatic heterocycles. The van der Waals surface area contributed by atoms with Gasteiger partial charge in [-0.2, -0.15) is 0 Å². The second-order valence-corrected chi connectivity index (χ2v) is 6.09. The van der Waals surface area contributed by atoms with Crippen LogP contribution in [0.15, 0.2) is 42.5 Å². The first-order valence-corrected chi connectivity index (χ1v) is 8.72. The summed E-state index contributed by atoms with van der Waals surface area (Å²) in [6.45, 7) is 1.55. The van der Waals surface area contributed by atoms with Crippen molar-refractivity contribution in [3.8, 4) is 17.2 Å². The molecule has 0 bridgehead atoms. The Morgan fingerprint density at radius 1 is 1.15 bits per heavy atom. The Bertz CT molecular complexity index is 762. The number of hydrogen-bond acceptors (Lipinski definition) is 6. The Kier molecular flexibility index (Phi) is 6.51. The number of nitrogens with one attached hydrogen (secondary N) is 1. The molecule has 0 saturated carbocycles. The van der Waals surface area contributed by atoms with Crippen LogP contribution < -0.4 is 19.5 Å². The number of amides is 1. The number of carbonyl (C=O) groups excluding carboxylic acids is 1. The maximum Gasteiger partial charge on any atom is 0.251 e. The lowest BCUT2D eigenvalue weighted by molar-refractivity contribution is 0.0285. The van der Waals surface area contributed by atoms with Crippen molar-refractivity contribution < 1.29 is 28.8 Å². The highest BCUT2D eigenvalue weighted by Crippen LogP contribution is 2.30. The SMILES string of the molecule is COc1ccc(COCC(O)CNC(=O)c2ccc3c(c2)OCCO3)cc1. The number of fused-ring (bicyclic) bond motifs is 1. The minimum absolute atomic E-state index is 0.0931. The van der Waals surface area contributed by atoms with Crippen LogP contribution in [0.25, 0.3) is 0 Å². The molecule has 1 heterocycles. The van der Waals surface area contributed by atoms with Crippen molar-refractivity contribution in [3.63, 3.8) is 0 Å². The highest BCUT2D eigenvalue weighted by molar-refractivity contribution is 5.94. The third-order valence-electron chi connectivity index (χ3n) is 4.04. The molecular weight excluding hydrogens is 350 g/mol. The first-order valence-electron chi connectivity index (χ1n) is 8.72. The van der Waals surface area contributed by atoms with Gasteiger partial charge >= 0.3 is 0 Å². The summed E-state index contributed by atoms with van der Waals surface area (Å²) in [6, 6.07) is 12.5. The average molecular weight is 373 g/mol. The lowest BCUT2D eigenvalue weighted by atomic mass is 10.1. The number of rotatable bonds is 8. The molecule has 0 fully saturated rings. The van der Waals surface area contributed by atoms with Gasteiger partial charge < -0.3 is 29.4 Å². The van der Waals surface area contributed by atoms with Crippen LogP contribution in [0.1, 0.15) is 15.9 Å². The number of hydrogen-bond donors (Lipinski definition) is 2. The molecule has 1 amide bonds. The van der Waals surface area contributed by atoms with E-state index >= 15 is 0 Å². The topological polar surface area (TPSA) is 86.2 Å². The first kappa shape index (κ1) is 19.0. The van der Waals surface area contributed by atoms with E-state index in [1.165, 1.54) is 0 Å². The van der Waals surface area contributed by atoms with Gasteiger partial charge in [-0.1, -0.05) is 12.1 Å². The van der Waals surface area contributed by atoms with Crippen molar-refractivity contribution in [3.05, 3.63) is 53.6 Å². The zero-order valence-electron chi connectivity index (χ0n) is 15.1. The molecule has 0 aliphatic carbocycles. The summed E-state index contributed by atoms with van der Waals surface area (Å²) in [5.74, 6) is 1.67. The van der Waals surface area contributed by atoms with E-state index in [-0.39, 0.29) is 19.1 Å². The monoisotopic (exact) mass is 373 g/mol. The van der Waals surface area contributed by atoms with E-state index < -0.39 is 6.10 Å². The summed E-state index contributed by atoms with van der Waals surface area (Å²) in [5.41, 5.74) is 1.42. The summed E-state index contributed by atoms with van der Waals surface area (Å²) in [7, 11) is 1.61. The second-order valence-electron chi connectivity index (χ2n) is 6.09. The molecule has 2 aromatic carbocycles. The van der Waals surface area contributed by atoms with Gasteiger partial charge in [-0.25, -0.2) is 0 Å². The quantitative estimate of drug-likeness (QED) is 0.734. The molecule has 27 heavy (non-hydrogen) atoms. The molecule has 2 N–H and O–H groups in total. The van der Waals surface area contributed by atoms with Crippen molar-refractivity contribution in [2.24, 2.45) is 0 Å². The van der Waals surface area contributed by atoms with Crippen LogP contribution >= 0.6 is 0 Å². The maximum atomic E-state index is 12.2. The van der Waals surface area contributed by atoms with E-state index in [9.17, 15) is 9.90 Å². The highest BCUT2D eigenvalue weighted by atomic mass is 16.6. The van der Waals surface area contributed by atoms with Crippen LogP contribution in [-0.2, 0) is 11.3 Å². The number of aliphatic hydroxyl groups is 1. The highest BCUT2D eigenvalue weighted by Gasteiger charge is 2.15. The largest absolute Gasteiger partial charge is 0.497 e. The summed E-state index contributed by atoms with van der Waals surface area (Å²) in [5, 5.41) is 12.7. The Morgan fingerprint density at radius 3 is 2.63 bits per heavy atom. The summed E-state index contributed by atoms with van der Waals surface area (Å²) in [4.78, 5) is 12.2. The van der Waals surface area contributed by atoms with Crippen LogP contribution in [0, 0.1) is 0 Å². The molecule has 2 aromatic rings. The summed E-state index contributed by atoms with van der Waals surface area (Å²) < 4.78 is 21.5. The van der Waals surface area contributed by atoms with Gasteiger partial charge in [0.25, 0.3) is 5.91 Å². The van der Waals surface area contributed by atoms with Crippen LogP contribution in [-0.4, -0.2) is 50.6 Å². The lowest BCUT2D eigenvalue weighted by Crippen LogP contribution is -2.34. The van der Waals surface area contributed by atoms with E-state index in [0.29, 0.717) is 36.9 Å². The third-order valence-corrected chi connectivity index (χ3v) is 4.04. The molecule has 1 aliphatic rings. The molecular formula is C20H23NO6. The molecule has 7 heteroatoms. The van der Waals surface area contributed by atoms with Gasteiger partial charge in [-0.05, 0) is 35.9 Å². The van der Waals surface area contributed by atoms with Crippen molar-refractivity contribution in [2.75, 3.05) is 33.5 Å². The molecule has 1 atom stereocenters.